The lowest BCUT2D eigenvalue weighted by Gasteiger charge is -2.04. The van der Waals surface area contributed by atoms with Gasteiger partial charge in [-0.25, -0.2) is 9.37 Å². The monoisotopic (exact) mass is 368 g/mol. The molecule has 10 heteroatoms. The van der Waals surface area contributed by atoms with Gasteiger partial charge in [-0.15, -0.1) is 4.91 Å². The molecule has 0 saturated heterocycles. The number of nitrogens with one attached hydrogen (secondary N) is 1. The van der Waals surface area contributed by atoms with Crippen LogP contribution in [0, 0.1) is 10.7 Å². The van der Waals surface area contributed by atoms with Crippen molar-refractivity contribution in [1.82, 2.24) is 15.1 Å². The van der Waals surface area contributed by atoms with Crippen molar-refractivity contribution in [2.75, 3.05) is 0 Å². The van der Waals surface area contributed by atoms with Crippen molar-refractivity contribution < 1.29 is 8.91 Å². The number of H-pyrrole nitrogens is 1. The molecule has 0 aliphatic heterocycles. The number of benzene rings is 1. The van der Waals surface area contributed by atoms with Gasteiger partial charge in [-0.1, -0.05) is 23.4 Å². The molecule has 27 heavy (non-hydrogen) atoms. The van der Waals surface area contributed by atoms with Crippen LogP contribution in [0.3, 0.4) is 0 Å². The van der Waals surface area contributed by atoms with Gasteiger partial charge < -0.3 is 15.2 Å². The third kappa shape index (κ3) is 4.37. The molecule has 3 rings (SSSR count). The molecule has 0 aliphatic carbocycles. The van der Waals surface area contributed by atoms with Crippen molar-refractivity contribution in [2.24, 2.45) is 15.9 Å². The van der Waals surface area contributed by atoms with Gasteiger partial charge in [0.1, 0.15) is 17.8 Å². The lowest BCUT2D eigenvalue weighted by atomic mass is 10.2. The van der Waals surface area contributed by atoms with Crippen molar-refractivity contribution in [3.63, 3.8) is 0 Å². The Hall–Kier alpha value is -3.95. The molecule has 0 saturated carbocycles. The Bertz CT molecular complexity index is 1070. The van der Waals surface area contributed by atoms with E-state index in [4.69, 9.17) is 10.3 Å². The molecule has 1 aromatic carbocycles. The number of aromatic nitrogens is 3. The Morgan fingerprint density at radius 3 is 2.85 bits per heavy atom. The molecular weight excluding hydrogens is 355 g/mol. The zero-order chi connectivity index (χ0) is 19.2. The van der Waals surface area contributed by atoms with E-state index in [-0.39, 0.29) is 29.6 Å². The highest BCUT2D eigenvalue weighted by atomic mass is 19.1. The second-order valence-corrected chi connectivity index (χ2v) is 5.32. The first-order valence-electron chi connectivity index (χ1n) is 7.67. The summed E-state index contributed by atoms with van der Waals surface area (Å²) in [4.78, 5) is 32.7. The van der Waals surface area contributed by atoms with E-state index in [1.165, 1.54) is 18.4 Å². The third-order valence-corrected chi connectivity index (χ3v) is 3.47. The zero-order valence-electron chi connectivity index (χ0n) is 13.8. The number of nitrogens with zero attached hydrogens (tertiary/aromatic N) is 4. The second kappa shape index (κ2) is 7.95. The molecule has 0 radical (unpaired) electrons. The summed E-state index contributed by atoms with van der Waals surface area (Å²) in [5, 5.41) is 6.41. The van der Waals surface area contributed by atoms with E-state index in [0.717, 1.165) is 6.07 Å². The Kier molecular flexibility index (Phi) is 5.26. The summed E-state index contributed by atoms with van der Waals surface area (Å²) >= 11 is 0. The van der Waals surface area contributed by atoms with Crippen LogP contribution in [0.4, 0.5) is 10.2 Å². The summed E-state index contributed by atoms with van der Waals surface area (Å²) in [7, 11) is 0. The summed E-state index contributed by atoms with van der Waals surface area (Å²) in [5.74, 6) is -0.760. The average Bonchev–Trinajstić information content (AvgIpc) is 3.20. The van der Waals surface area contributed by atoms with E-state index in [1.807, 2.05) is 0 Å². The number of hydrogen-bond donors (Lipinski definition) is 2. The Labute approximate surface area is 151 Å². The number of hydrogen-bond acceptors (Lipinski definition) is 8. The van der Waals surface area contributed by atoms with Crippen LogP contribution in [-0.2, 0) is 6.54 Å². The van der Waals surface area contributed by atoms with Crippen LogP contribution in [0.1, 0.15) is 17.1 Å². The van der Waals surface area contributed by atoms with Gasteiger partial charge in [0.25, 0.3) is 5.56 Å². The molecule has 0 spiro atoms. The number of allylic oxidation sites excluding steroid dienone is 1. The van der Waals surface area contributed by atoms with Crippen LogP contribution in [-0.4, -0.2) is 20.8 Å². The van der Waals surface area contributed by atoms with Crippen LogP contribution in [0.25, 0.3) is 5.70 Å². The highest BCUT2D eigenvalue weighted by Gasteiger charge is 2.10. The minimum atomic E-state index is -0.586. The first-order chi connectivity index (χ1) is 13.1. The summed E-state index contributed by atoms with van der Waals surface area (Å²) in [6.07, 6.45) is 2.72. The van der Waals surface area contributed by atoms with Gasteiger partial charge in [-0.2, -0.15) is 0 Å². The zero-order valence-corrected chi connectivity index (χ0v) is 13.8. The van der Waals surface area contributed by atoms with E-state index in [9.17, 15) is 14.1 Å². The van der Waals surface area contributed by atoms with E-state index in [1.54, 1.807) is 24.3 Å². The molecule has 2 aromatic heterocycles. The van der Waals surface area contributed by atoms with Gasteiger partial charge in [0.2, 0.25) is 5.82 Å². The van der Waals surface area contributed by atoms with Crippen LogP contribution < -0.4 is 11.3 Å². The van der Waals surface area contributed by atoms with E-state index in [0.29, 0.717) is 11.3 Å². The molecule has 9 nitrogen and oxygen atoms in total. The molecule has 0 bridgehead atoms. The SMILES string of the molecule is NC(=CC(=NCc1ccccc1F)c1ccon1)c1nc(N=O)cc(=O)[nH]1. The first-order valence-corrected chi connectivity index (χ1v) is 7.67. The molecule has 3 aromatic rings. The number of aromatic amines is 1. The minimum absolute atomic E-state index is 0.00730. The molecule has 0 unspecified atom stereocenters. The van der Waals surface area contributed by atoms with Gasteiger partial charge in [0.15, 0.2) is 5.82 Å². The van der Waals surface area contributed by atoms with E-state index < -0.39 is 11.4 Å². The van der Waals surface area contributed by atoms with Gasteiger partial charge in [-0.3, -0.25) is 9.79 Å². The molecule has 0 fully saturated rings. The van der Waals surface area contributed by atoms with E-state index in [2.05, 4.69) is 25.3 Å². The van der Waals surface area contributed by atoms with Crippen molar-refractivity contribution >= 4 is 17.2 Å². The molecule has 3 N–H and O–H groups in total. The van der Waals surface area contributed by atoms with Gasteiger partial charge >= 0.3 is 0 Å². The molecule has 0 atom stereocenters. The maximum atomic E-state index is 13.8. The number of nitrogens with two attached hydrogens (primary N) is 1. The normalized spacial score (nSPS) is 12.2. The first kappa shape index (κ1) is 17.9. The summed E-state index contributed by atoms with van der Waals surface area (Å²) in [6.45, 7) is 0.0263. The van der Waals surface area contributed by atoms with Gasteiger partial charge in [0.05, 0.1) is 24.0 Å². The highest BCUT2D eigenvalue weighted by Crippen LogP contribution is 2.12. The molecule has 136 valence electrons. The fraction of sp³-hybridized carbons (Fsp3) is 0.0588. The van der Waals surface area contributed by atoms with Crippen LogP contribution >= 0.6 is 0 Å². The number of nitroso groups, excluding NO2 is 1. The van der Waals surface area contributed by atoms with Crippen molar-refractivity contribution in [2.45, 2.75) is 6.54 Å². The fourth-order valence-corrected chi connectivity index (χ4v) is 2.19. The molecule has 0 aliphatic rings. The molecule has 2 heterocycles. The lowest BCUT2D eigenvalue weighted by molar-refractivity contribution is 0.418. The quantitative estimate of drug-likeness (QED) is 0.505. The summed E-state index contributed by atoms with van der Waals surface area (Å²) in [6, 6.07) is 8.69. The topological polar surface area (TPSA) is 140 Å². The standard InChI is InChI=1S/C17H13FN6O3/c18-11-4-2-1-3-10(11)9-20-14(13-5-6-27-24-13)7-12(19)17-21-15(23-26)8-16(25)22-17/h1-8H,9,19H2,(H,21,22,25). The van der Waals surface area contributed by atoms with Gasteiger partial charge in [-0.05, 0) is 17.3 Å². The maximum absolute atomic E-state index is 13.8. The predicted molar refractivity (Wildman–Crippen MR) is 95.6 cm³/mol. The van der Waals surface area contributed by atoms with Crippen molar-refractivity contribution in [3.8, 4) is 0 Å². The Morgan fingerprint density at radius 2 is 2.15 bits per heavy atom. The van der Waals surface area contributed by atoms with E-state index >= 15 is 0 Å². The number of aliphatic imine (C=N–C) groups is 1. The maximum Gasteiger partial charge on any atom is 0.253 e. The summed E-state index contributed by atoms with van der Waals surface area (Å²) in [5.41, 5.74) is 6.39. The number of rotatable bonds is 6. The lowest BCUT2D eigenvalue weighted by Crippen LogP contribution is -2.13. The fourth-order valence-electron chi connectivity index (χ4n) is 2.19. The number of halogens is 1. The predicted octanol–water partition coefficient (Wildman–Crippen LogP) is 2.28. The van der Waals surface area contributed by atoms with Crippen molar-refractivity contribution in [1.29, 1.82) is 0 Å². The highest BCUT2D eigenvalue weighted by molar-refractivity contribution is 6.10. The molecule has 0 amide bonds. The smallest absolute Gasteiger partial charge is 0.253 e. The van der Waals surface area contributed by atoms with Gasteiger partial charge in [0, 0.05) is 11.6 Å². The Balaban J connectivity index is 1.99. The van der Waals surface area contributed by atoms with Crippen LogP contribution in [0.2, 0.25) is 0 Å². The molecular formula is C17H13FN6O3. The Morgan fingerprint density at radius 1 is 1.33 bits per heavy atom. The summed E-state index contributed by atoms with van der Waals surface area (Å²) < 4.78 is 18.6. The minimum Gasteiger partial charge on any atom is -0.396 e. The van der Waals surface area contributed by atoms with Crippen LogP contribution in [0.5, 0.6) is 0 Å². The van der Waals surface area contributed by atoms with Crippen LogP contribution in [0.15, 0.2) is 68.2 Å². The van der Waals surface area contributed by atoms with Crippen molar-refractivity contribution in [3.05, 3.63) is 86.9 Å². The third-order valence-electron chi connectivity index (χ3n) is 3.47. The average molecular weight is 368 g/mol. The largest absolute Gasteiger partial charge is 0.396 e. The second-order valence-electron chi connectivity index (χ2n) is 5.32.